The Kier molecular flexibility index (Phi) is 4.17. The topological polar surface area (TPSA) is 44.8 Å². The van der Waals surface area contributed by atoms with E-state index in [-0.39, 0.29) is 0 Å². The molecule has 0 radical (unpaired) electrons. The van der Waals surface area contributed by atoms with Crippen LogP contribution in [0.3, 0.4) is 0 Å². The minimum atomic E-state index is -0.523. The van der Waals surface area contributed by atoms with Crippen molar-refractivity contribution in [2.75, 3.05) is 7.11 Å². The van der Waals surface area contributed by atoms with Crippen molar-refractivity contribution in [1.82, 2.24) is 0 Å². The van der Waals surface area contributed by atoms with Crippen LogP contribution in [0.2, 0.25) is 0 Å². The third-order valence-electron chi connectivity index (χ3n) is 4.35. The smallest absolute Gasteiger partial charge is 0.465 e. The fraction of sp³-hybridized carbons (Fsp3) is 0.533. The van der Waals surface area contributed by atoms with Crippen molar-refractivity contribution in [2.24, 2.45) is 0 Å². The summed E-state index contributed by atoms with van der Waals surface area (Å²) >= 11 is 4.43. The van der Waals surface area contributed by atoms with E-state index in [4.69, 9.17) is 14.0 Å². The molecule has 1 aliphatic heterocycles. The monoisotopic (exact) mass is 308 g/mol. The van der Waals surface area contributed by atoms with E-state index >= 15 is 0 Å². The molecule has 0 spiro atoms. The molecule has 0 saturated carbocycles. The van der Waals surface area contributed by atoms with E-state index in [1.165, 1.54) is 7.11 Å². The zero-order chi connectivity index (χ0) is 16.0. The lowest BCUT2D eigenvalue weighted by Gasteiger charge is -2.32. The number of ether oxygens (including phenoxy) is 1. The first kappa shape index (κ1) is 16.4. The van der Waals surface area contributed by atoms with Gasteiger partial charge in [-0.3, -0.25) is 0 Å². The lowest BCUT2D eigenvalue weighted by atomic mass is 9.75. The first-order valence-corrected chi connectivity index (χ1v) is 7.31. The van der Waals surface area contributed by atoms with E-state index < -0.39 is 24.3 Å². The lowest BCUT2D eigenvalue weighted by molar-refractivity contribution is 0.00578. The van der Waals surface area contributed by atoms with E-state index in [0.29, 0.717) is 10.5 Å². The average molecular weight is 308 g/mol. The van der Waals surface area contributed by atoms with Gasteiger partial charge in [-0.25, -0.2) is 4.79 Å². The molecule has 1 fully saturated rings. The molecule has 2 rings (SSSR count). The normalized spacial score (nSPS) is 19.7. The fourth-order valence-corrected chi connectivity index (χ4v) is 2.44. The number of carbonyl (C=O) groups excluding carboxylic acids is 1. The van der Waals surface area contributed by atoms with Gasteiger partial charge in [-0.05, 0) is 57.8 Å². The third kappa shape index (κ3) is 2.85. The van der Waals surface area contributed by atoms with Gasteiger partial charge >= 0.3 is 13.1 Å². The Morgan fingerprint density at radius 2 is 1.71 bits per heavy atom. The minimum Gasteiger partial charge on any atom is -0.465 e. The second-order valence-corrected chi connectivity index (χ2v) is 6.77. The van der Waals surface area contributed by atoms with Crippen LogP contribution in [0, 0.1) is 6.92 Å². The Balaban J connectivity index is 2.46. The molecule has 114 valence electrons. The van der Waals surface area contributed by atoms with Crippen molar-refractivity contribution < 1.29 is 18.8 Å². The van der Waals surface area contributed by atoms with Gasteiger partial charge in [-0.2, -0.15) is 0 Å². The molecule has 0 aliphatic carbocycles. The van der Waals surface area contributed by atoms with Gasteiger partial charge in [-0.15, -0.1) is 12.6 Å². The van der Waals surface area contributed by atoms with E-state index in [1.54, 1.807) is 12.1 Å². The van der Waals surface area contributed by atoms with Crippen molar-refractivity contribution >= 4 is 31.2 Å². The van der Waals surface area contributed by atoms with E-state index in [9.17, 15) is 4.79 Å². The summed E-state index contributed by atoms with van der Waals surface area (Å²) in [7, 11) is 0.833. The van der Waals surface area contributed by atoms with Crippen molar-refractivity contribution in [3.05, 3.63) is 23.3 Å². The van der Waals surface area contributed by atoms with Crippen LogP contribution in [0.25, 0.3) is 0 Å². The van der Waals surface area contributed by atoms with Gasteiger partial charge in [0.05, 0.1) is 23.9 Å². The molecule has 1 aromatic rings. The lowest BCUT2D eigenvalue weighted by Crippen LogP contribution is -2.41. The highest BCUT2D eigenvalue weighted by Gasteiger charge is 2.52. The summed E-state index contributed by atoms with van der Waals surface area (Å²) in [5.74, 6) is -0.400. The highest BCUT2D eigenvalue weighted by Crippen LogP contribution is 2.37. The van der Waals surface area contributed by atoms with Crippen LogP contribution in [0.4, 0.5) is 0 Å². The van der Waals surface area contributed by atoms with Crippen LogP contribution in [0.15, 0.2) is 17.0 Å². The Morgan fingerprint density at radius 1 is 1.19 bits per heavy atom. The number of benzene rings is 1. The molecule has 1 heterocycles. The summed E-state index contributed by atoms with van der Waals surface area (Å²) in [4.78, 5) is 12.5. The summed E-state index contributed by atoms with van der Waals surface area (Å²) in [5.41, 5.74) is 1.33. The van der Waals surface area contributed by atoms with Crippen LogP contribution in [-0.2, 0) is 14.0 Å². The Labute approximate surface area is 131 Å². The SMILES string of the molecule is COC(=O)c1cc(S)c(C)c(B2OC(C)(C)C(C)(C)O2)c1. The van der Waals surface area contributed by atoms with E-state index in [0.717, 1.165) is 11.0 Å². The predicted octanol–water partition coefficient (Wildman–Crippen LogP) is 2.37. The number of methoxy groups -OCH3 is 1. The standard InChI is InChI=1S/C15H21BO4S/c1-9-11(7-10(8-12(9)21)13(17)18-6)16-19-14(2,3)15(4,5)20-16/h7-8,21H,1-6H3. The molecule has 0 amide bonds. The van der Waals surface area contributed by atoms with E-state index in [1.807, 2.05) is 34.6 Å². The van der Waals surface area contributed by atoms with Crippen molar-refractivity contribution in [2.45, 2.75) is 50.7 Å². The van der Waals surface area contributed by atoms with Crippen LogP contribution >= 0.6 is 12.6 Å². The molecular weight excluding hydrogens is 287 g/mol. The largest absolute Gasteiger partial charge is 0.495 e. The van der Waals surface area contributed by atoms with E-state index in [2.05, 4.69) is 12.6 Å². The molecule has 1 saturated heterocycles. The number of hydrogen-bond acceptors (Lipinski definition) is 5. The molecule has 21 heavy (non-hydrogen) atoms. The molecule has 4 nitrogen and oxygen atoms in total. The van der Waals surface area contributed by atoms with Crippen molar-refractivity contribution in [3.8, 4) is 0 Å². The molecule has 0 bridgehead atoms. The Hall–Kier alpha value is -0.975. The van der Waals surface area contributed by atoms with Crippen molar-refractivity contribution in [3.63, 3.8) is 0 Å². The molecule has 0 N–H and O–H groups in total. The summed E-state index contributed by atoms with van der Waals surface area (Å²) < 4.78 is 16.9. The molecule has 6 heteroatoms. The Bertz CT molecular complexity index is 567. The van der Waals surface area contributed by atoms with Gasteiger partial charge in [-0.1, -0.05) is 0 Å². The highest BCUT2D eigenvalue weighted by atomic mass is 32.1. The third-order valence-corrected chi connectivity index (χ3v) is 4.81. The van der Waals surface area contributed by atoms with Gasteiger partial charge in [0.2, 0.25) is 0 Å². The number of thiol groups is 1. The second-order valence-electron chi connectivity index (χ2n) is 6.29. The second kappa shape index (κ2) is 5.34. The quantitative estimate of drug-likeness (QED) is 0.517. The number of rotatable bonds is 2. The molecular formula is C15H21BO4S. The number of hydrogen-bond donors (Lipinski definition) is 1. The zero-order valence-electron chi connectivity index (χ0n) is 13.3. The average Bonchev–Trinajstić information content (AvgIpc) is 2.60. The van der Waals surface area contributed by atoms with Gasteiger partial charge in [0.1, 0.15) is 0 Å². The first-order chi connectivity index (χ1) is 9.59. The van der Waals surface area contributed by atoms with Crippen molar-refractivity contribution in [1.29, 1.82) is 0 Å². The van der Waals surface area contributed by atoms with Crippen LogP contribution in [0.5, 0.6) is 0 Å². The zero-order valence-corrected chi connectivity index (χ0v) is 14.2. The number of carbonyl (C=O) groups is 1. The maximum atomic E-state index is 11.8. The van der Waals surface area contributed by atoms with Gasteiger partial charge < -0.3 is 14.0 Å². The summed E-state index contributed by atoms with van der Waals surface area (Å²) in [6, 6.07) is 3.45. The predicted molar refractivity (Wildman–Crippen MR) is 85.5 cm³/mol. The van der Waals surface area contributed by atoms with Gasteiger partial charge in [0.15, 0.2) is 0 Å². The number of esters is 1. The molecule has 0 atom stereocenters. The fourth-order valence-electron chi connectivity index (χ4n) is 2.17. The maximum absolute atomic E-state index is 11.8. The minimum absolute atomic E-state index is 0.400. The summed E-state index contributed by atoms with van der Waals surface area (Å²) in [6.07, 6.45) is 0. The maximum Gasteiger partial charge on any atom is 0.495 e. The van der Waals surface area contributed by atoms with Crippen LogP contribution < -0.4 is 5.46 Å². The molecule has 0 unspecified atom stereocenters. The summed E-state index contributed by atoms with van der Waals surface area (Å²) in [6.45, 7) is 9.91. The first-order valence-electron chi connectivity index (χ1n) is 6.86. The Morgan fingerprint density at radius 3 is 2.19 bits per heavy atom. The van der Waals surface area contributed by atoms with Gasteiger partial charge in [0, 0.05) is 4.90 Å². The van der Waals surface area contributed by atoms with Crippen LogP contribution in [-0.4, -0.2) is 31.4 Å². The summed E-state index contributed by atoms with van der Waals surface area (Å²) in [5, 5.41) is 0. The molecule has 1 aliphatic rings. The van der Waals surface area contributed by atoms with Gasteiger partial charge in [0.25, 0.3) is 0 Å². The highest BCUT2D eigenvalue weighted by molar-refractivity contribution is 7.80. The molecule has 0 aromatic heterocycles. The molecule has 1 aromatic carbocycles. The van der Waals surface area contributed by atoms with Crippen LogP contribution in [0.1, 0.15) is 43.6 Å².